The van der Waals surface area contributed by atoms with Crippen molar-refractivity contribution in [2.45, 2.75) is 74.5 Å². The number of amides is 2. The summed E-state index contributed by atoms with van der Waals surface area (Å²) >= 11 is 0. The average Bonchev–Trinajstić information content (AvgIpc) is 3.23. The number of nitrogens with one attached hydrogen (secondary N) is 2. The van der Waals surface area contributed by atoms with Crippen LogP contribution < -0.4 is 10.6 Å². The molecule has 3 rings (SSSR count). The molecule has 2 atom stereocenters. The second-order valence-electron chi connectivity index (χ2n) is 8.03. The van der Waals surface area contributed by atoms with Crippen LogP contribution in [0.2, 0.25) is 0 Å². The van der Waals surface area contributed by atoms with Gasteiger partial charge in [-0.2, -0.15) is 0 Å². The van der Waals surface area contributed by atoms with Crippen LogP contribution in [0.3, 0.4) is 0 Å². The highest BCUT2D eigenvalue weighted by Gasteiger charge is 2.30. The summed E-state index contributed by atoms with van der Waals surface area (Å²) in [5.41, 5.74) is 0.574. The number of carbonyl (C=O) groups is 1. The Hall–Kier alpha value is -1.60. The molecular formula is C21H32N2O4S. The minimum atomic E-state index is -3.26. The lowest BCUT2D eigenvalue weighted by Gasteiger charge is -2.28. The number of anilines is 1. The molecule has 2 N–H and O–H groups in total. The van der Waals surface area contributed by atoms with E-state index in [1.807, 2.05) is 0 Å². The number of carbonyl (C=O) groups excluding carboxylic acids is 1. The van der Waals surface area contributed by atoms with E-state index >= 15 is 0 Å². The molecule has 2 saturated carbocycles. The van der Waals surface area contributed by atoms with E-state index < -0.39 is 9.84 Å². The third-order valence-electron chi connectivity index (χ3n) is 5.93. The van der Waals surface area contributed by atoms with Crippen LogP contribution in [0.25, 0.3) is 0 Å². The third kappa shape index (κ3) is 5.47. The van der Waals surface area contributed by atoms with Gasteiger partial charge in [0.2, 0.25) is 0 Å². The molecule has 2 aliphatic rings. The Morgan fingerprint density at radius 1 is 1.04 bits per heavy atom. The van der Waals surface area contributed by atoms with Crippen LogP contribution in [0, 0.1) is 5.92 Å². The standard InChI is InChI=1S/C21H32N2O4S/c1-16-6-2-5-9-20(16)27-15-14-22-21(24)23-17-10-12-19(13-11-17)28(25,26)18-7-3-4-8-18/h10-13,16,18,20H,2-9,14-15H2,1H3,(H2,22,23,24)/t16-,20-/m1/s1. The summed E-state index contributed by atoms with van der Waals surface area (Å²) in [6.07, 6.45) is 8.55. The molecule has 0 spiro atoms. The number of hydrogen-bond donors (Lipinski definition) is 2. The lowest BCUT2D eigenvalue weighted by molar-refractivity contribution is -0.00232. The highest BCUT2D eigenvalue weighted by molar-refractivity contribution is 7.92. The highest BCUT2D eigenvalue weighted by Crippen LogP contribution is 2.30. The molecule has 7 heteroatoms. The number of sulfone groups is 1. The van der Waals surface area contributed by atoms with Crippen LogP contribution in [0.1, 0.15) is 58.3 Å². The lowest BCUT2D eigenvalue weighted by atomic mass is 9.88. The van der Waals surface area contributed by atoms with Gasteiger partial charge in [-0.1, -0.05) is 32.6 Å². The maximum atomic E-state index is 12.6. The average molecular weight is 409 g/mol. The van der Waals surface area contributed by atoms with Crippen molar-refractivity contribution in [1.29, 1.82) is 0 Å². The van der Waals surface area contributed by atoms with Crippen LogP contribution in [-0.2, 0) is 14.6 Å². The van der Waals surface area contributed by atoms with Crippen molar-refractivity contribution in [3.63, 3.8) is 0 Å². The molecule has 0 unspecified atom stereocenters. The zero-order valence-corrected chi connectivity index (χ0v) is 17.5. The smallest absolute Gasteiger partial charge is 0.319 e. The molecule has 0 bridgehead atoms. The second kappa shape index (κ2) is 9.74. The Labute approximate surface area is 168 Å². The first-order chi connectivity index (χ1) is 13.5. The molecule has 0 aromatic heterocycles. The van der Waals surface area contributed by atoms with Crippen molar-refractivity contribution in [1.82, 2.24) is 5.32 Å². The summed E-state index contributed by atoms with van der Waals surface area (Å²) < 4.78 is 31.1. The first kappa shape index (κ1) is 21.1. The highest BCUT2D eigenvalue weighted by atomic mass is 32.2. The Kier molecular flexibility index (Phi) is 7.35. The lowest BCUT2D eigenvalue weighted by Crippen LogP contribution is -2.34. The van der Waals surface area contributed by atoms with Crippen LogP contribution in [0.5, 0.6) is 0 Å². The topological polar surface area (TPSA) is 84.5 Å². The van der Waals surface area contributed by atoms with E-state index in [1.165, 1.54) is 19.3 Å². The van der Waals surface area contributed by atoms with E-state index in [4.69, 9.17) is 4.74 Å². The van der Waals surface area contributed by atoms with Gasteiger partial charge in [0, 0.05) is 12.2 Å². The molecule has 28 heavy (non-hydrogen) atoms. The second-order valence-corrected chi connectivity index (χ2v) is 10.3. The molecule has 2 amide bonds. The summed E-state index contributed by atoms with van der Waals surface area (Å²) in [5.74, 6) is 0.585. The zero-order chi connectivity index (χ0) is 20.0. The van der Waals surface area contributed by atoms with Gasteiger partial charge in [0.15, 0.2) is 9.84 Å². The maximum Gasteiger partial charge on any atom is 0.319 e. The molecule has 0 radical (unpaired) electrons. The number of hydrogen-bond acceptors (Lipinski definition) is 4. The third-order valence-corrected chi connectivity index (χ3v) is 8.21. The van der Waals surface area contributed by atoms with Crippen LogP contribution in [0.15, 0.2) is 29.2 Å². The monoisotopic (exact) mass is 408 g/mol. The van der Waals surface area contributed by atoms with Gasteiger partial charge in [0.05, 0.1) is 22.9 Å². The van der Waals surface area contributed by atoms with Crippen molar-refractivity contribution >= 4 is 21.6 Å². The number of benzene rings is 1. The number of rotatable bonds is 7. The molecule has 2 aliphatic carbocycles. The van der Waals surface area contributed by atoms with Gasteiger partial charge in [0.25, 0.3) is 0 Å². The van der Waals surface area contributed by atoms with E-state index in [9.17, 15) is 13.2 Å². The first-order valence-corrected chi connectivity index (χ1v) is 12.0. The molecule has 6 nitrogen and oxygen atoms in total. The van der Waals surface area contributed by atoms with E-state index in [-0.39, 0.29) is 11.3 Å². The predicted octanol–water partition coefficient (Wildman–Crippen LogP) is 4.12. The minimum Gasteiger partial charge on any atom is -0.376 e. The first-order valence-electron chi connectivity index (χ1n) is 10.5. The SMILES string of the molecule is C[C@@H]1CCCC[C@H]1OCCNC(=O)Nc1ccc(S(=O)(=O)C2CCCC2)cc1. The number of ether oxygens (including phenoxy) is 1. The van der Waals surface area contributed by atoms with E-state index in [1.54, 1.807) is 24.3 Å². The van der Waals surface area contributed by atoms with Gasteiger partial charge in [-0.15, -0.1) is 0 Å². The normalized spacial score (nSPS) is 23.5. The zero-order valence-electron chi connectivity index (χ0n) is 16.7. The van der Waals surface area contributed by atoms with Gasteiger partial charge in [-0.25, -0.2) is 13.2 Å². The summed E-state index contributed by atoms with van der Waals surface area (Å²) in [4.78, 5) is 12.4. The van der Waals surface area contributed by atoms with Crippen molar-refractivity contribution in [2.24, 2.45) is 5.92 Å². The minimum absolute atomic E-state index is 0.263. The molecule has 2 fully saturated rings. The molecule has 156 valence electrons. The Morgan fingerprint density at radius 3 is 2.36 bits per heavy atom. The predicted molar refractivity (Wildman–Crippen MR) is 110 cm³/mol. The fourth-order valence-electron chi connectivity index (χ4n) is 4.20. The van der Waals surface area contributed by atoms with Crippen LogP contribution in [0.4, 0.5) is 10.5 Å². The van der Waals surface area contributed by atoms with Crippen LogP contribution >= 0.6 is 0 Å². The van der Waals surface area contributed by atoms with Crippen molar-refractivity contribution in [3.8, 4) is 0 Å². The Morgan fingerprint density at radius 2 is 1.68 bits per heavy atom. The summed E-state index contributed by atoms with van der Waals surface area (Å²) in [6, 6.07) is 6.13. The summed E-state index contributed by atoms with van der Waals surface area (Å²) in [7, 11) is -3.26. The van der Waals surface area contributed by atoms with Crippen molar-refractivity contribution < 1.29 is 17.9 Å². The number of urea groups is 1. The fraction of sp³-hybridized carbons (Fsp3) is 0.667. The fourth-order valence-corrected chi connectivity index (χ4v) is 6.05. The maximum absolute atomic E-state index is 12.6. The van der Waals surface area contributed by atoms with Gasteiger partial charge in [-0.3, -0.25) is 0 Å². The van der Waals surface area contributed by atoms with E-state index in [0.717, 1.165) is 32.1 Å². The Balaban J connectivity index is 1.41. The molecule has 1 aromatic carbocycles. The van der Waals surface area contributed by atoms with Crippen LogP contribution in [-0.4, -0.2) is 39.0 Å². The van der Waals surface area contributed by atoms with Gasteiger partial charge < -0.3 is 15.4 Å². The molecule has 0 aliphatic heterocycles. The largest absolute Gasteiger partial charge is 0.376 e. The van der Waals surface area contributed by atoms with Gasteiger partial charge in [-0.05, 0) is 55.9 Å². The molecule has 1 aromatic rings. The van der Waals surface area contributed by atoms with Gasteiger partial charge in [0.1, 0.15) is 0 Å². The van der Waals surface area contributed by atoms with Crippen molar-refractivity contribution in [2.75, 3.05) is 18.5 Å². The quantitative estimate of drug-likeness (QED) is 0.665. The molecule has 0 saturated heterocycles. The van der Waals surface area contributed by atoms with E-state index in [2.05, 4.69) is 17.6 Å². The summed E-state index contributed by atoms with van der Waals surface area (Å²) in [6.45, 7) is 3.17. The van der Waals surface area contributed by atoms with Crippen molar-refractivity contribution in [3.05, 3.63) is 24.3 Å². The van der Waals surface area contributed by atoms with Gasteiger partial charge >= 0.3 is 6.03 Å². The Bertz CT molecular complexity index is 742. The summed E-state index contributed by atoms with van der Waals surface area (Å²) in [5, 5.41) is 5.26. The molecule has 0 heterocycles. The van der Waals surface area contributed by atoms with E-state index in [0.29, 0.717) is 35.8 Å². The molecular weight excluding hydrogens is 376 g/mol.